The number of hydrogen-bond donors (Lipinski definition) is 3. The highest BCUT2D eigenvalue weighted by Crippen LogP contribution is 2.44. The Morgan fingerprint density at radius 3 is 2.26 bits per heavy atom. The highest BCUT2D eigenvalue weighted by Gasteiger charge is 2.29. The third-order valence-corrected chi connectivity index (χ3v) is 6.34. The Bertz CT molecular complexity index is 1230. The van der Waals surface area contributed by atoms with Crippen LogP contribution in [-0.2, 0) is 9.53 Å². The zero-order valence-electron chi connectivity index (χ0n) is 19.1. The van der Waals surface area contributed by atoms with Crippen LogP contribution in [0, 0.1) is 5.92 Å². The fourth-order valence-corrected chi connectivity index (χ4v) is 4.41. The molecule has 7 nitrogen and oxygen atoms in total. The van der Waals surface area contributed by atoms with E-state index in [0.29, 0.717) is 11.4 Å². The molecular weight excluding hydrogens is 468 g/mol. The molecule has 0 radical (unpaired) electrons. The number of carbonyl (C=O) groups is 3. The summed E-state index contributed by atoms with van der Waals surface area (Å²) in [6.07, 6.45) is -0.207. The molecule has 1 unspecified atom stereocenters. The van der Waals surface area contributed by atoms with Gasteiger partial charge in [0.15, 0.2) is 0 Å². The van der Waals surface area contributed by atoms with Gasteiger partial charge >= 0.3 is 12.1 Å². The topological polar surface area (TPSA) is 105 Å². The molecule has 2 amide bonds. The van der Waals surface area contributed by atoms with E-state index < -0.39 is 18.0 Å². The molecule has 1 aliphatic carbocycles. The second-order valence-electron chi connectivity index (χ2n) is 8.43. The van der Waals surface area contributed by atoms with Crippen molar-refractivity contribution in [3.05, 3.63) is 88.4 Å². The Balaban J connectivity index is 1.27. The molecule has 0 heterocycles. The molecule has 0 fully saturated rings. The number of benzene rings is 3. The van der Waals surface area contributed by atoms with E-state index in [9.17, 15) is 19.5 Å². The van der Waals surface area contributed by atoms with Crippen LogP contribution in [0.5, 0.6) is 0 Å². The van der Waals surface area contributed by atoms with Gasteiger partial charge in [-0.2, -0.15) is 0 Å². The van der Waals surface area contributed by atoms with Crippen LogP contribution >= 0.6 is 11.6 Å². The number of ether oxygens (including phenoxy) is 1. The highest BCUT2D eigenvalue weighted by atomic mass is 35.5. The van der Waals surface area contributed by atoms with E-state index in [1.54, 1.807) is 6.92 Å². The average Bonchev–Trinajstić information content (AvgIpc) is 3.16. The van der Waals surface area contributed by atoms with Gasteiger partial charge in [0, 0.05) is 23.4 Å². The zero-order chi connectivity index (χ0) is 24.9. The summed E-state index contributed by atoms with van der Waals surface area (Å²) in [4.78, 5) is 36.2. The van der Waals surface area contributed by atoms with Gasteiger partial charge < -0.3 is 20.5 Å². The second kappa shape index (κ2) is 10.6. The first-order valence-electron chi connectivity index (χ1n) is 11.3. The minimum atomic E-state index is -1.17. The van der Waals surface area contributed by atoms with E-state index in [1.165, 1.54) is 18.2 Å². The number of amides is 2. The lowest BCUT2D eigenvalue weighted by Crippen LogP contribution is -2.30. The van der Waals surface area contributed by atoms with Crippen LogP contribution in [-0.4, -0.2) is 36.2 Å². The van der Waals surface area contributed by atoms with E-state index in [1.807, 2.05) is 24.3 Å². The molecular formula is C27H25ClN2O5. The van der Waals surface area contributed by atoms with Crippen molar-refractivity contribution in [3.63, 3.8) is 0 Å². The SMILES string of the molecule is CC(CCNC(=O)OCC1c2ccccc2-c2ccccc21)C(=O)Nc1cc(Cl)ccc1C(=O)O. The molecule has 0 spiro atoms. The predicted octanol–water partition coefficient (Wildman–Crippen LogP) is 5.54. The number of hydrogen-bond acceptors (Lipinski definition) is 4. The molecule has 4 rings (SSSR count). The monoisotopic (exact) mass is 492 g/mol. The largest absolute Gasteiger partial charge is 0.478 e. The first kappa shape index (κ1) is 24.3. The summed E-state index contributed by atoms with van der Waals surface area (Å²) in [5, 5.41) is 14.9. The lowest BCUT2D eigenvalue weighted by molar-refractivity contribution is -0.119. The van der Waals surface area contributed by atoms with Crippen LogP contribution in [0.15, 0.2) is 66.7 Å². The van der Waals surface area contributed by atoms with Gasteiger partial charge in [-0.25, -0.2) is 9.59 Å². The van der Waals surface area contributed by atoms with Crippen molar-refractivity contribution in [3.8, 4) is 11.1 Å². The van der Waals surface area contributed by atoms with Crippen molar-refractivity contribution in [2.24, 2.45) is 5.92 Å². The molecule has 1 aliphatic rings. The van der Waals surface area contributed by atoms with E-state index >= 15 is 0 Å². The van der Waals surface area contributed by atoms with E-state index in [-0.39, 0.29) is 36.2 Å². The van der Waals surface area contributed by atoms with Gasteiger partial charge in [-0.3, -0.25) is 4.79 Å². The number of nitrogens with one attached hydrogen (secondary N) is 2. The van der Waals surface area contributed by atoms with Crippen molar-refractivity contribution in [1.82, 2.24) is 5.32 Å². The Hall–Kier alpha value is -3.84. The maximum Gasteiger partial charge on any atom is 0.407 e. The summed E-state index contributed by atoms with van der Waals surface area (Å²) in [6.45, 7) is 2.13. The number of carboxylic acids is 1. The number of rotatable bonds is 8. The van der Waals surface area contributed by atoms with Gasteiger partial charge in [-0.1, -0.05) is 67.1 Å². The molecule has 1 atom stereocenters. The highest BCUT2D eigenvalue weighted by molar-refractivity contribution is 6.31. The van der Waals surface area contributed by atoms with Gasteiger partial charge in [0.2, 0.25) is 5.91 Å². The zero-order valence-corrected chi connectivity index (χ0v) is 19.8. The fraction of sp³-hybridized carbons (Fsp3) is 0.222. The normalized spacial score (nSPS) is 12.9. The molecule has 35 heavy (non-hydrogen) atoms. The number of carbonyl (C=O) groups excluding carboxylic acids is 2. The van der Waals surface area contributed by atoms with E-state index in [0.717, 1.165) is 22.3 Å². The Morgan fingerprint density at radius 1 is 1.00 bits per heavy atom. The third-order valence-electron chi connectivity index (χ3n) is 6.11. The third kappa shape index (κ3) is 5.46. The van der Waals surface area contributed by atoms with Gasteiger partial charge in [0.1, 0.15) is 6.61 Å². The maximum atomic E-state index is 12.5. The maximum absolute atomic E-state index is 12.5. The van der Waals surface area contributed by atoms with Crippen molar-refractivity contribution in [1.29, 1.82) is 0 Å². The van der Waals surface area contributed by atoms with Crippen molar-refractivity contribution >= 4 is 35.3 Å². The van der Waals surface area contributed by atoms with Crippen LogP contribution < -0.4 is 10.6 Å². The number of aromatic carboxylic acids is 1. The van der Waals surface area contributed by atoms with E-state index in [4.69, 9.17) is 16.3 Å². The molecule has 3 N–H and O–H groups in total. The predicted molar refractivity (Wildman–Crippen MR) is 134 cm³/mol. The Morgan fingerprint density at radius 2 is 1.63 bits per heavy atom. The quantitative estimate of drug-likeness (QED) is 0.383. The molecule has 0 aromatic heterocycles. The van der Waals surface area contributed by atoms with Crippen molar-refractivity contribution in [2.75, 3.05) is 18.5 Å². The minimum absolute atomic E-state index is 0.0287. The number of anilines is 1. The molecule has 3 aromatic carbocycles. The standard InChI is InChI=1S/C27H25ClN2O5/c1-16(25(31)30-24-14-17(28)10-11-22(24)26(32)33)12-13-29-27(34)35-15-23-20-8-4-2-6-18(20)19-7-3-5-9-21(19)23/h2-11,14,16,23H,12-13,15H2,1H3,(H,29,34)(H,30,31)(H,32,33). The molecule has 0 saturated carbocycles. The van der Waals surface area contributed by atoms with Gasteiger partial charge in [-0.05, 0) is 46.9 Å². The van der Waals surface area contributed by atoms with Crippen LogP contribution in [0.2, 0.25) is 5.02 Å². The van der Waals surface area contributed by atoms with Crippen LogP contribution in [0.3, 0.4) is 0 Å². The molecule has 3 aromatic rings. The van der Waals surface area contributed by atoms with Gasteiger partial charge in [0.25, 0.3) is 0 Å². The number of carboxylic acid groups (broad SMARTS) is 1. The fourth-order valence-electron chi connectivity index (χ4n) is 4.23. The van der Waals surface area contributed by atoms with Crippen LogP contribution in [0.25, 0.3) is 11.1 Å². The molecule has 0 saturated heterocycles. The number of alkyl carbamates (subject to hydrolysis) is 1. The summed E-state index contributed by atoms with van der Waals surface area (Å²) >= 11 is 5.93. The summed E-state index contributed by atoms with van der Waals surface area (Å²) in [7, 11) is 0. The average molecular weight is 493 g/mol. The lowest BCUT2D eigenvalue weighted by Gasteiger charge is -2.16. The summed E-state index contributed by atoms with van der Waals surface area (Å²) in [5.74, 6) is -2.05. The number of halogens is 1. The molecule has 0 bridgehead atoms. The summed E-state index contributed by atoms with van der Waals surface area (Å²) in [5.41, 5.74) is 4.66. The molecule has 180 valence electrons. The van der Waals surface area contributed by atoms with Crippen LogP contribution in [0.1, 0.15) is 40.7 Å². The van der Waals surface area contributed by atoms with E-state index in [2.05, 4.69) is 34.9 Å². The van der Waals surface area contributed by atoms with Crippen LogP contribution in [0.4, 0.5) is 10.5 Å². The van der Waals surface area contributed by atoms with Gasteiger partial charge in [-0.15, -0.1) is 0 Å². The second-order valence-corrected chi connectivity index (χ2v) is 8.86. The first-order valence-corrected chi connectivity index (χ1v) is 11.7. The van der Waals surface area contributed by atoms with Crippen molar-refractivity contribution in [2.45, 2.75) is 19.3 Å². The minimum Gasteiger partial charge on any atom is -0.478 e. The number of fused-ring (bicyclic) bond motifs is 3. The Labute approximate surface area is 208 Å². The molecule has 0 aliphatic heterocycles. The van der Waals surface area contributed by atoms with Crippen molar-refractivity contribution < 1.29 is 24.2 Å². The van der Waals surface area contributed by atoms with Gasteiger partial charge in [0.05, 0.1) is 11.3 Å². The summed E-state index contributed by atoms with van der Waals surface area (Å²) < 4.78 is 5.50. The summed E-state index contributed by atoms with van der Waals surface area (Å²) in [6, 6.07) is 20.4. The lowest BCUT2D eigenvalue weighted by atomic mass is 9.98. The smallest absolute Gasteiger partial charge is 0.407 e. The first-order chi connectivity index (χ1) is 16.8. The molecule has 8 heteroatoms. The Kier molecular flexibility index (Phi) is 7.36.